The lowest BCUT2D eigenvalue weighted by molar-refractivity contribution is 0.0933. The van der Waals surface area contributed by atoms with E-state index in [-0.39, 0.29) is 6.61 Å². The summed E-state index contributed by atoms with van der Waals surface area (Å²) in [6.07, 6.45) is 1.21. The number of aromatic nitrogens is 1. The molecule has 1 unspecified atom stereocenters. The summed E-state index contributed by atoms with van der Waals surface area (Å²) in [5.41, 5.74) is 10.5. The Bertz CT molecular complexity index is 894. The predicted molar refractivity (Wildman–Crippen MR) is 103 cm³/mol. The number of benzene rings is 2. The van der Waals surface area contributed by atoms with Crippen LogP contribution in [-0.2, 0) is 6.42 Å². The van der Waals surface area contributed by atoms with E-state index in [1.807, 2.05) is 30.3 Å². The fourth-order valence-corrected chi connectivity index (χ4v) is 2.92. The molecule has 1 heterocycles. The van der Waals surface area contributed by atoms with Gasteiger partial charge in [-0.3, -0.25) is 0 Å². The van der Waals surface area contributed by atoms with E-state index < -0.39 is 12.8 Å². The van der Waals surface area contributed by atoms with Crippen molar-refractivity contribution in [3.8, 4) is 17.0 Å². The first-order chi connectivity index (χ1) is 12.6. The van der Waals surface area contributed by atoms with Crippen molar-refractivity contribution in [2.45, 2.75) is 25.9 Å². The zero-order valence-electron chi connectivity index (χ0n) is 14.8. The first-order valence-corrected chi connectivity index (χ1v) is 8.77. The van der Waals surface area contributed by atoms with Crippen molar-refractivity contribution in [1.29, 1.82) is 0 Å². The number of nitrogen functional groups attached to an aromatic ring is 1. The highest BCUT2D eigenvalue weighted by molar-refractivity contribution is 5.85. The van der Waals surface area contributed by atoms with Gasteiger partial charge in [-0.15, -0.1) is 0 Å². The van der Waals surface area contributed by atoms with Crippen LogP contribution in [-0.4, -0.2) is 29.5 Å². The van der Waals surface area contributed by atoms with E-state index >= 15 is 0 Å². The highest BCUT2D eigenvalue weighted by atomic mass is 19.1. The molecule has 4 nitrogen and oxygen atoms in total. The van der Waals surface area contributed by atoms with Crippen LogP contribution in [0.1, 0.15) is 18.9 Å². The Kier molecular flexibility index (Phi) is 5.68. The third-order valence-corrected chi connectivity index (χ3v) is 4.27. The average molecular weight is 354 g/mol. The SMILES string of the molecule is CCCc1ccc(-c2ccc3ccc(OC(CO)CF)cc3n2)c(N)c1. The lowest BCUT2D eigenvalue weighted by Gasteiger charge is -2.14. The molecular weight excluding hydrogens is 331 g/mol. The number of aliphatic hydroxyl groups excluding tert-OH is 1. The van der Waals surface area contributed by atoms with Crippen LogP contribution in [0.4, 0.5) is 10.1 Å². The van der Waals surface area contributed by atoms with Gasteiger partial charge >= 0.3 is 0 Å². The molecule has 1 aromatic heterocycles. The zero-order valence-corrected chi connectivity index (χ0v) is 14.8. The number of nitrogens with two attached hydrogens (primary N) is 1. The number of fused-ring (bicyclic) bond motifs is 1. The number of halogens is 1. The topological polar surface area (TPSA) is 68.4 Å². The number of alkyl halides is 1. The minimum atomic E-state index is -0.864. The third-order valence-electron chi connectivity index (χ3n) is 4.27. The molecule has 0 bridgehead atoms. The largest absolute Gasteiger partial charge is 0.485 e. The first kappa shape index (κ1) is 18.1. The Morgan fingerprint density at radius 2 is 1.96 bits per heavy atom. The van der Waals surface area contributed by atoms with Crippen LogP contribution in [0.15, 0.2) is 48.5 Å². The van der Waals surface area contributed by atoms with Gasteiger partial charge in [0.25, 0.3) is 0 Å². The second-order valence-corrected chi connectivity index (χ2v) is 6.30. The standard InChI is InChI=1S/C21H23FN2O2/c1-2-3-14-4-8-18(19(23)10-14)20-9-6-15-5-7-16(11-21(15)24-20)26-17(12-22)13-25/h4-11,17,25H,2-3,12-13,23H2,1H3. The molecule has 1 atom stereocenters. The van der Waals surface area contributed by atoms with Crippen molar-refractivity contribution in [1.82, 2.24) is 4.98 Å². The molecule has 0 aliphatic heterocycles. The Labute approximate surface area is 152 Å². The molecule has 0 spiro atoms. The molecule has 5 heteroatoms. The van der Waals surface area contributed by atoms with Gasteiger partial charge in [0, 0.05) is 22.7 Å². The first-order valence-electron chi connectivity index (χ1n) is 8.77. The van der Waals surface area contributed by atoms with Crippen molar-refractivity contribution in [2.75, 3.05) is 19.0 Å². The second kappa shape index (κ2) is 8.15. The number of ether oxygens (including phenoxy) is 1. The maximum Gasteiger partial charge on any atom is 0.150 e. The van der Waals surface area contributed by atoms with E-state index in [2.05, 4.69) is 18.0 Å². The Balaban J connectivity index is 1.95. The molecule has 0 aliphatic rings. The summed E-state index contributed by atoms with van der Waals surface area (Å²) in [5.74, 6) is 0.477. The van der Waals surface area contributed by atoms with E-state index in [1.165, 1.54) is 5.56 Å². The van der Waals surface area contributed by atoms with E-state index in [0.717, 1.165) is 35.0 Å². The molecule has 2 aromatic carbocycles. The van der Waals surface area contributed by atoms with Gasteiger partial charge in [-0.2, -0.15) is 0 Å². The number of hydrogen-bond donors (Lipinski definition) is 2. The number of aliphatic hydroxyl groups is 1. The van der Waals surface area contributed by atoms with E-state index in [9.17, 15) is 4.39 Å². The van der Waals surface area contributed by atoms with Gasteiger partial charge in [0.2, 0.25) is 0 Å². The number of hydrogen-bond acceptors (Lipinski definition) is 4. The van der Waals surface area contributed by atoms with Gasteiger partial charge in [0.05, 0.1) is 17.8 Å². The smallest absolute Gasteiger partial charge is 0.150 e. The molecule has 0 radical (unpaired) electrons. The molecule has 0 saturated heterocycles. The molecule has 3 rings (SSSR count). The fraction of sp³-hybridized carbons (Fsp3) is 0.286. The summed E-state index contributed by atoms with van der Waals surface area (Å²) >= 11 is 0. The molecule has 26 heavy (non-hydrogen) atoms. The minimum Gasteiger partial charge on any atom is -0.485 e. The molecule has 3 aromatic rings. The second-order valence-electron chi connectivity index (χ2n) is 6.30. The molecular formula is C21H23FN2O2. The molecule has 0 amide bonds. The zero-order chi connectivity index (χ0) is 18.5. The third kappa shape index (κ3) is 3.94. The molecule has 0 aliphatic carbocycles. The number of anilines is 1. The van der Waals surface area contributed by atoms with Gasteiger partial charge < -0.3 is 15.6 Å². The van der Waals surface area contributed by atoms with Crippen LogP contribution in [0.25, 0.3) is 22.2 Å². The van der Waals surface area contributed by atoms with Crippen molar-refractivity contribution >= 4 is 16.6 Å². The van der Waals surface area contributed by atoms with Gasteiger partial charge in [0.15, 0.2) is 0 Å². The van der Waals surface area contributed by atoms with Crippen LogP contribution in [0.5, 0.6) is 5.75 Å². The predicted octanol–water partition coefficient (Wildman–Crippen LogP) is 4.15. The average Bonchev–Trinajstić information content (AvgIpc) is 2.66. The summed E-state index contributed by atoms with van der Waals surface area (Å²) in [6, 6.07) is 15.3. The summed E-state index contributed by atoms with van der Waals surface area (Å²) in [4.78, 5) is 4.69. The molecule has 0 fully saturated rings. The highest BCUT2D eigenvalue weighted by Gasteiger charge is 2.10. The van der Waals surface area contributed by atoms with Crippen molar-refractivity contribution in [3.63, 3.8) is 0 Å². The quantitative estimate of drug-likeness (QED) is 0.626. The summed E-state index contributed by atoms with van der Waals surface area (Å²) in [6.45, 7) is 1.02. The van der Waals surface area contributed by atoms with E-state index in [0.29, 0.717) is 11.4 Å². The van der Waals surface area contributed by atoms with Gasteiger partial charge in [0.1, 0.15) is 18.5 Å². The van der Waals surface area contributed by atoms with Gasteiger partial charge in [-0.1, -0.05) is 31.5 Å². The summed E-state index contributed by atoms with van der Waals surface area (Å²) in [5, 5.41) is 10.0. The number of nitrogens with zero attached hydrogens (tertiary/aromatic N) is 1. The Morgan fingerprint density at radius 1 is 1.15 bits per heavy atom. The number of pyridine rings is 1. The van der Waals surface area contributed by atoms with Crippen molar-refractivity contribution < 1.29 is 14.2 Å². The normalized spacial score (nSPS) is 12.3. The van der Waals surface area contributed by atoms with Crippen LogP contribution in [0.3, 0.4) is 0 Å². The van der Waals surface area contributed by atoms with Crippen LogP contribution >= 0.6 is 0 Å². The minimum absolute atomic E-state index is 0.372. The van der Waals surface area contributed by atoms with Crippen LogP contribution in [0.2, 0.25) is 0 Å². The van der Waals surface area contributed by atoms with Gasteiger partial charge in [-0.25, -0.2) is 9.37 Å². The maximum absolute atomic E-state index is 12.8. The maximum atomic E-state index is 12.8. The van der Waals surface area contributed by atoms with E-state index in [4.69, 9.17) is 15.6 Å². The van der Waals surface area contributed by atoms with Crippen molar-refractivity contribution in [2.24, 2.45) is 0 Å². The molecule has 0 saturated carbocycles. The monoisotopic (exact) mass is 354 g/mol. The molecule has 136 valence electrons. The Hall–Kier alpha value is -2.66. The lowest BCUT2D eigenvalue weighted by atomic mass is 10.0. The van der Waals surface area contributed by atoms with Crippen LogP contribution in [0, 0.1) is 0 Å². The number of aryl methyl sites for hydroxylation is 1. The molecule has 3 N–H and O–H groups in total. The highest BCUT2D eigenvalue weighted by Crippen LogP contribution is 2.29. The van der Waals surface area contributed by atoms with E-state index in [1.54, 1.807) is 12.1 Å². The number of rotatable bonds is 7. The fourth-order valence-electron chi connectivity index (χ4n) is 2.92. The lowest BCUT2D eigenvalue weighted by Crippen LogP contribution is -2.23. The summed E-state index contributed by atoms with van der Waals surface area (Å²) < 4.78 is 18.2. The van der Waals surface area contributed by atoms with Crippen LogP contribution < -0.4 is 10.5 Å². The Morgan fingerprint density at radius 3 is 2.65 bits per heavy atom. The van der Waals surface area contributed by atoms with Gasteiger partial charge in [-0.05, 0) is 36.2 Å². The van der Waals surface area contributed by atoms with Crippen molar-refractivity contribution in [3.05, 3.63) is 54.1 Å². The summed E-state index contributed by atoms with van der Waals surface area (Å²) in [7, 11) is 0.